The smallest absolute Gasteiger partial charge is 0.157 e. The van der Waals surface area contributed by atoms with E-state index < -0.39 is 5.82 Å². The summed E-state index contributed by atoms with van der Waals surface area (Å²) < 4.78 is 16.4. The number of imidazole rings is 1. The lowest BCUT2D eigenvalue weighted by molar-refractivity contribution is 0.631. The number of halogens is 2. The molecule has 0 unspecified atom stereocenters. The molecule has 0 radical (unpaired) electrons. The van der Waals surface area contributed by atoms with Crippen molar-refractivity contribution in [3.05, 3.63) is 77.0 Å². The van der Waals surface area contributed by atoms with Crippen LogP contribution in [-0.4, -0.2) is 14.4 Å². The van der Waals surface area contributed by atoms with E-state index in [2.05, 4.69) is 15.3 Å². The molecule has 2 aromatic heterocycles. The van der Waals surface area contributed by atoms with E-state index in [1.54, 1.807) is 30.7 Å². The van der Waals surface area contributed by atoms with Crippen LogP contribution in [0.25, 0.3) is 16.9 Å². The van der Waals surface area contributed by atoms with Gasteiger partial charge in [0.1, 0.15) is 17.3 Å². The number of para-hydroxylation sites is 1. The molecule has 130 valence electrons. The van der Waals surface area contributed by atoms with Gasteiger partial charge in [0.25, 0.3) is 0 Å². The average Bonchev–Trinajstić information content (AvgIpc) is 2.96. The van der Waals surface area contributed by atoms with E-state index in [1.165, 1.54) is 6.07 Å². The molecule has 0 atom stereocenters. The number of hydrogen-bond acceptors (Lipinski definition) is 3. The Balaban J connectivity index is 1.99. The Kier molecular flexibility index (Phi) is 4.09. The van der Waals surface area contributed by atoms with Crippen LogP contribution in [0.1, 0.15) is 11.1 Å². The minimum atomic E-state index is -0.418. The molecular formula is C20H16ClFN4. The molecule has 0 spiro atoms. The predicted octanol–water partition coefficient (Wildman–Crippen LogP) is 5.55. The highest BCUT2D eigenvalue weighted by molar-refractivity contribution is 6.33. The molecule has 2 aromatic carbocycles. The van der Waals surface area contributed by atoms with Crippen molar-refractivity contribution in [1.29, 1.82) is 0 Å². The second kappa shape index (κ2) is 6.42. The third-order valence-electron chi connectivity index (χ3n) is 4.35. The maximum Gasteiger partial charge on any atom is 0.157 e. The van der Waals surface area contributed by atoms with E-state index in [1.807, 2.05) is 36.4 Å². The summed E-state index contributed by atoms with van der Waals surface area (Å²) in [7, 11) is 0. The minimum absolute atomic E-state index is 0.270. The van der Waals surface area contributed by atoms with Crippen LogP contribution in [0.4, 0.5) is 15.9 Å². The van der Waals surface area contributed by atoms with Gasteiger partial charge >= 0.3 is 0 Å². The van der Waals surface area contributed by atoms with Gasteiger partial charge in [-0.3, -0.25) is 9.38 Å². The molecule has 6 heteroatoms. The summed E-state index contributed by atoms with van der Waals surface area (Å²) in [4.78, 5) is 8.68. The summed E-state index contributed by atoms with van der Waals surface area (Å²) in [6, 6.07) is 10.7. The van der Waals surface area contributed by atoms with E-state index >= 15 is 0 Å². The Morgan fingerprint density at radius 2 is 1.81 bits per heavy atom. The summed E-state index contributed by atoms with van der Waals surface area (Å²) >= 11 is 6.30. The van der Waals surface area contributed by atoms with Gasteiger partial charge in [-0.2, -0.15) is 0 Å². The van der Waals surface area contributed by atoms with Crippen LogP contribution in [-0.2, 0) is 0 Å². The third kappa shape index (κ3) is 2.70. The standard InChI is InChI=1S/C20H16ClFN4/c1-12-5-3-6-13(2)18(12)25-20-19(17-14(21)7-4-8-15(17)22)24-16-11-23-9-10-26(16)20/h3-11,25H,1-2H3. The zero-order valence-electron chi connectivity index (χ0n) is 14.3. The Hall–Kier alpha value is -2.92. The second-order valence-corrected chi connectivity index (χ2v) is 6.51. The van der Waals surface area contributed by atoms with Gasteiger partial charge in [-0.05, 0) is 37.1 Å². The van der Waals surface area contributed by atoms with Crippen molar-refractivity contribution >= 4 is 28.8 Å². The highest BCUT2D eigenvalue weighted by Gasteiger charge is 2.20. The lowest BCUT2D eigenvalue weighted by atomic mass is 10.1. The molecule has 1 N–H and O–H groups in total. The molecule has 0 amide bonds. The van der Waals surface area contributed by atoms with Gasteiger partial charge in [0.15, 0.2) is 5.65 Å². The zero-order chi connectivity index (χ0) is 18.3. The molecule has 2 heterocycles. The molecule has 4 aromatic rings. The lowest BCUT2D eigenvalue weighted by Gasteiger charge is -2.14. The summed E-state index contributed by atoms with van der Waals surface area (Å²) in [6.07, 6.45) is 5.09. The first kappa shape index (κ1) is 16.5. The molecule has 26 heavy (non-hydrogen) atoms. The second-order valence-electron chi connectivity index (χ2n) is 6.10. The Labute approximate surface area is 155 Å². The van der Waals surface area contributed by atoms with Crippen molar-refractivity contribution in [3.63, 3.8) is 0 Å². The number of anilines is 2. The van der Waals surface area contributed by atoms with Crippen molar-refractivity contribution in [3.8, 4) is 11.3 Å². The van der Waals surface area contributed by atoms with Gasteiger partial charge < -0.3 is 5.32 Å². The van der Waals surface area contributed by atoms with Crippen molar-refractivity contribution in [2.75, 3.05) is 5.32 Å². The van der Waals surface area contributed by atoms with Crippen LogP contribution >= 0.6 is 11.6 Å². The molecule has 0 bridgehead atoms. The van der Waals surface area contributed by atoms with Crippen LogP contribution < -0.4 is 5.32 Å². The molecule has 4 nitrogen and oxygen atoms in total. The highest BCUT2D eigenvalue weighted by Crippen LogP contribution is 2.37. The quantitative estimate of drug-likeness (QED) is 0.517. The van der Waals surface area contributed by atoms with Gasteiger partial charge in [-0.1, -0.05) is 35.9 Å². The van der Waals surface area contributed by atoms with Gasteiger partial charge in [0.2, 0.25) is 0 Å². The number of aryl methyl sites for hydroxylation is 2. The fourth-order valence-corrected chi connectivity index (χ4v) is 3.31. The summed E-state index contributed by atoms with van der Waals surface area (Å²) in [5.41, 5.74) is 4.45. The topological polar surface area (TPSA) is 42.2 Å². The fraction of sp³-hybridized carbons (Fsp3) is 0.100. The number of hydrogen-bond donors (Lipinski definition) is 1. The summed E-state index contributed by atoms with van der Waals surface area (Å²) in [6.45, 7) is 4.05. The lowest BCUT2D eigenvalue weighted by Crippen LogP contribution is -2.01. The fourth-order valence-electron chi connectivity index (χ4n) is 3.05. The first-order valence-electron chi connectivity index (χ1n) is 8.16. The number of fused-ring (bicyclic) bond motifs is 1. The normalized spacial score (nSPS) is 11.1. The number of nitrogens with zero attached hydrogens (tertiary/aromatic N) is 3. The largest absolute Gasteiger partial charge is 0.339 e. The van der Waals surface area contributed by atoms with E-state index in [4.69, 9.17) is 11.6 Å². The first-order valence-corrected chi connectivity index (χ1v) is 8.53. The van der Waals surface area contributed by atoms with E-state index in [-0.39, 0.29) is 5.56 Å². The van der Waals surface area contributed by atoms with E-state index in [0.717, 1.165) is 16.8 Å². The molecule has 0 saturated carbocycles. The zero-order valence-corrected chi connectivity index (χ0v) is 15.0. The van der Waals surface area contributed by atoms with Crippen molar-refractivity contribution in [2.24, 2.45) is 0 Å². The Morgan fingerprint density at radius 3 is 2.54 bits per heavy atom. The molecular weight excluding hydrogens is 351 g/mol. The van der Waals surface area contributed by atoms with Gasteiger partial charge in [-0.15, -0.1) is 0 Å². The first-order chi connectivity index (χ1) is 12.6. The third-order valence-corrected chi connectivity index (χ3v) is 4.67. The van der Waals surface area contributed by atoms with Gasteiger partial charge in [0, 0.05) is 18.1 Å². The van der Waals surface area contributed by atoms with E-state index in [0.29, 0.717) is 22.2 Å². The van der Waals surface area contributed by atoms with Crippen LogP contribution in [0.5, 0.6) is 0 Å². The molecule has 4 rings (SSSR count). The van der Waals surface area contributed by atoms with Gasteiger partial charge in [0.05, 0.1) is 16.8 Å². The number of benzene rings is 2. The maximum atomic E-state index is 14.6. The van der Waals surface area contributed by atoms with E-state index in [9.17, 15) is 4.39 Å². The molecule has 0 aliphatic carbocycles. The molecule has 0 saturated heterocycles. The highest BCUT2D eigenvalue weighted by atomic mass is 35.5. The summed E-state index contributed by atoms with van der Waals surface area (Å²) in [5.74, 6) is 0.227. The van der Waals surface area contributed by atoms with Crippen LogP contribution in [0, 0.1) is 19.7 Å². The van der Waals surface area contributed by atoms with Crippen molar-refractivity contribution < 1.29 is 4.39 Å². The number of rotatable bonds is 3. The average molecular weight is 367 g/mol. The van der Waals surface area contributed by atoms with Gasteiger partial charge in [-0.25, -0.2) is 9.37 Å². The summed E-state index contributed by atoms with van der Waals surface area (Å²) in [5, 5.41) is 3.74. The Morgan fingerprint density at radius 1 is 1.08 bits per heavy atom. The maximum absolute atomic E-state index is 14.6. The van der Waals surface area contributed by atoms with Crippen LogP contribution in [0.2, 0.25) is 5.02 Å². The molecule has 0 fully saturated rings. The minimum Gasteiger partial charge on any atom is -0.339 e. The SMILES string of the molecule is Cc1cccc(C)c1Nc1c(-c2c(F)cccc2Cl)nc2cnccn12. The van der Waals surface area contributed by atoms with Crippen molar-refractivity contribution in [1.82, 2.24) is 14.4 Å². The number of nitrogens with one attached hydrogen (secondary N) is 1. The number of aromatic nitrogens is 3. The van der Waals surface area contributed by atoms with Crippen LogP contribution in [0.15, 0.2) is 55.0 Å². The Bertz CT molecular complexity index is 1080. The predicted molar refractivity (Wildman–Crippen MR) is 103 cm³/mol. The molecule has 0 aliphatic heterocycles. The monoisotopic (exact) mass is 366 g/mol. The van der Waals surface area contributed by atoms with Crippen LogP contribution in [0.3, 0.4) is 0 Å². The molecule has 0 aliphatic rings. The van der Waals surface area contributed by atoms with Crippen molar-refractivity contribution in [2.45, 2.75) is 13.8 Å².